The van der Waals surface area contributed by atoms with Crippen molar-refractivity contribution in [2.75, 3.05) is 20.2 Å². The number of hydrogen-bond acceptors (Lipinski definition) is 5. The maximum atomic E-state index is 11.0. The Labute approximate surface area is 82.5 Å². The van der Waals surface area contributed by atoms with Crippen molar-refractivity contribution in [3.63, 3.8) is 0 Å². The second-order valence-corrected chi connectivity index (χ2v) is 2.89. The second-order valence-electron chi connectivity index (χ2n) is 2.89. The fourth-order valence-electron chi connectivity index (χ4n) is 1.27. The van der Waals surface area contributed by atoms with E-state index >= 15 is 0 Å². The molecular weight excluding hydrogens is 198 g/mol. The molecule has 1 rings (SSSR count). The van der Waals surface area contributed by atoms with Gasteiger partial charge in [0.25, 0.3) is 0 Å². The van der Waals surface area contributed by atoms with Crippen LogP contribution in [0.15, 0.2) is 0 Å². The van der Waals surface area contributed by atoms with Crippen molar-refractivity contribution in [3.8, 4) is 0 Å². The summed E-state index contributed by atoms with van der Waals surface area (Å²) in [6.45, 7) is 0.717. The van der Waals surface area contributed by atoms with Crippen LogP contribution in [0, 0.1) is 0 Å². The van der Waals surface area contributed by atoms with Gasteiger partial charge in [-0.05, 0) is 6.54 Å². The number of hydrogen-bond donors (Lipinski definition) is 3. The zero-order valence-corrected chi connectivity index (χ0v) is 8.13. The van der Waals surface area contributed by atoms with Crippen LogP contribution in [0.3, 0.4) is 0 Å². The summed E-state index contributed by atoms with van der Waals surface area (Å²) in [4.78, 5) is 11.0. The van der Waals surface area contributed by atoms with Gasteiger partial charge in [0.05, 0.1) is 7.11 Å². The standard InChI is InChI=1S/C7H13NO4.ClH/c1-12-6(10)7(11)2-3-8-4-5(7)9;/h5,8-9,11H,2-4H2,1H3;1H/t5-,7+;/m0./s1. The topological polar surface area (TPSA) is 78.8 Å². The number of halogens is 1. The molecule has 1 aliphatic heterocycles. The number of aliphatic hydroxyl groups is 2. The Morgan fingerprint density at radius 1 is 1.69 bits per heavy atom. The molecule has 13 heavy (non-hydrogen) atoms. The number of rotatable bonds is 1. The predicted octanol–water partition coefficient (Wildman–Crippen LogP) is -1.33. The molecule has 0 aromatic carbocycles. The van der Waals surface area contributed by atoms with E-state index in [9.17, 15) is 15.0 Å². The lowest BCUT2D eigenvalue weighted by Gasteiger charge is -2.34. The van der Waals surface area contributed by atoms with Crippen molar-refractivity contribution < 1.29 is 19.7 Å². The van der Waals surface area contributed by atoms with Crippen molar-refractivity contribution in [1.29, 1.82) is 0 Å². The number of aliphatic hydroxyl groups excluding tert-OH is 1. The molecule has 2 atom stereocenters. The van der Waals surface area contributed by atoms with Crippen LogP contribution < -0.4 is 5.32 Å². The van der Waals surface area contributed by atoms with E-state index in [1.807, 2.05) is 0 Å². The van der Waals surface area contributed by atoms with Crippen LogP contribution in [0.5, 0.6) is 0 Å². The van der Waals surface area contributed by atoms with E-state index in [-0.39, 0.29) is 25.4 Å². The number of nitrogens with one attached hydrogen (secondary N) is 1. The van der Waals surface area contributed by atoms with E-state index < -0.39 is 17.7 Å². The third-order valence-corrected chi connectivity index (χ3v) is 2.11. The molecule has 0 aromatic rings. The highest BCUT2D eigenvalue weighted by atomic mass is 35.5. The lowest BCUT2D eigenvalue weighted by molar-refractivity contribution is -0.178. The average Bonchev–Trinajstić information content (AvgIpc) is 2.09. The van der Waals surface area contributed by atoms with Crippen LogP contribution in [-0.2, 0) is 9.53 Å². The van der Waals surface area contributed by atoms with Crippen LogP contribution in [0.4, 0.5) is 0 Å². The maximum Gasteiger partial charge on any atom is 0.340 e. The van der Waals surface area contributed by atoms with Gasteiger partial charge in [-0.2, -0.15) is 0 Å². The molecule has 0 saturated carbocycles. The molecule has 0 amide bonds. The molecule has 78 valence electrons. The monoisotopic (exact) mass is 211 g/mol. The minimum Gasteiger partial charge on any atom is -0.467 e. The Balaban J connectivity index is 0.00000144. The lowest BCUT2D eigenvalue weighted by atomic mass is 9.90. The highest BCUT2D eigenvalue weighted by molar-refractivity contribution is 5.85. The molecule has 0 unspecified atom stereocenters. The van der Waals surface area contributed by atoms with E-state index in [2.05, 4.69) is 10.1 Å². The highest BCUT2D eigenvalue weighted by Crippen LogP contribution is 2.19. The van der Waals surface area contributed by atoms with Gasteiger partial charge in [-0.3, -0.25) is 0 Å². The summed E-state index contributed by atoms with van der Waals surface area (Å²) < 4.78 is 4.39. The first kappa shape index (κ1) is 12.6. The number of piperidine rings is 1. The van der Waals surface area contributed by atoms with Crippen molar-refractivity contribution in [2.24, 2.45) is 0 Å². The highest BCUT2D eigenvalue weighted by Gasteiger charge is 2.45. The minimum atomic E-state index is -1.72. The first-order chi connectivity index (χ1) is 5.61. The van der Waals surface area contributed by atoms with E-state index in [0.717, 1.165) is 0 Å². The molecule has 0 aliphatic carbocycles. The molecular formula is C7H14ClNO4. The average molecular weight is 212 g/mol. The van der Waals surface area contributed by atoms with Crippen molar-refractivity contribution in [3.05, 3.63) is 0 Å². The molecule has 3 N–H and O–H groups in total. The maximum absolute atomic E-state index is 11.0. The quantitative estimate of drug-likeness (QED) is 0.469. The normalized spacial score (nSPS) is 33.3. The predicted molar refractivity (Wildman–Crippen MR) is 47.7 cm³/mol. The molecule has 1 saturated heterocycles. The molecule has 1 heterocycles. The number of β-amino-alcohol motifs (C(OH)–C–C–N with tert-alkyl or cyclic N) is 1. The van der Waals surface area contributed by atoms with Crippen molar-refractivity contribution >= 4 is 18.4 Å². The molecule has 6 heteroatoms. The summed E-state index contributed by atoms with van der Waals surface area (Å²) in [5, 5.41) is 21.8. The Bertz CT molecular complexity index is 189. The third kappa shape index (κ3) is 2.31. The van der Waals surface area contributed by atoms with Crippen LogP contribution in [0.1, 0.15) is 6.42 Å². The largest absolute Gasteiger partial charge is 0.467 e. The van der Waals surface area contributed by atoms with Gasteiger partial charge < -0.3 is 20.3 Å². The summed E-state index contributed by atoms with van der Waals surface area (Å²) in [7, 11) is 1.19. The lowest BCUT2D eigenvalue weighted by Crippen LogP contribution is -2.59. The van der Waals surface area contributed by atoms with E-state index in [1.165, 1.54) is 7.11 Å². The first-order valence-electron chi connectivity index (χ1n) is 3.81. The van der Waals surface area contributed by atoms with E-state index in [1.54, 1.807) is 0 Å². The van der Waals surface area contributed by atoms with Gasteiger partial charge in [0.1, 0.15) is 6.10 Å². The van der Waals surface area contributed by atoms with Gasteiger partial charge in [0.15, 0.2) is 5.60 Å². The van der Waals surface area contributed by atoms with Gasteiger partial charge in [-0.15, -0.1) is 12.4 Å². The summed E-state index contributed by atoms with van der Waals surface area (Å²) in [6.07, 6.45) is -0.903. The molecule has 5 nitrogen and oxygen atoms in total. The molecule has 0 aromatic heterocycles. The van der Waals surface area contributed by atoms with Crippen LogP contribution in [0.25, 0.3) is 0 Å². The Hall–Kier alpha value is -0.360. The SMILES string of the molecule is COC(=O)[C@@]1(O)CCNC[C@@H]1O.Cl. The summed E-state index contributed by atoms with van der Waals surface area (Å²) >= 11 is 0. The zero-order chi connectivity index (χ0) is 9.19. The smallest absolute Gasteiger partial charge is 0.340 e. The van der Waals surface area contributed by atoms with E-state index in [0.29, 0.717) is 6.54 Å². The number of esters is 1. The molecule has 0 spiro atoms. The Kier molecular flexibility index (Phi) is 4.63. The van der Waals surface area contributed by atoms with Crippen LogP contribution in [-0.4, -0.2) is 48.1 Å². The fourth-order valence-corrected chi connectivity index (χ4v) is 1.27. The van der Waals surface area contributed by atoms with Gasteiger partial charge in [0, 0.05) is 13.0 Å². The van der Waals surface area contributed by atoms with Crippen molar-refractivity contribution in [1.82, 2.24) is 5.32 Å². The Morgan fingerprint density at radius 2 is 2.31 bits per heavy atom. The van der Waals surface area contributed by atoms with Gasteiger partial charge >= 0.3 is 5.97 Å². The first-order valence-corrected chi connectivity index (χ1v) is 3.81. The number of carbonyl (C=O) groups is 1. The second kappa shape index (κ2) is 4.76. The number of ether oxygens (including phenoxy) is 1. The van der Waals surface area contributed by atoms with Gasteiger partial charge in [-0.25, -0.2) is 4.79 Å². The molecule has 1 aliphatic rings. The molecule has 0 bridgehead atoms. The zero-order valence-electron chi connectivity index (χ0n) is 7.32. The third-order valence-electron chi connectivity index (χ3n) is 2.11. The molecule has 1 fully saturated rings. The minimum absolute atomic E-state index is 0. The van der Waals surface area contributed by atoms with Crippen molar-refractivity contribution in [2.45, 2.75) is 18.1 Å². The summed E-state index contributed by atoms with van der Waals surface area (Å²) in [5.74, 6) is -0.767. The van der Waals surface area contributed by atoms with Crippen LogP contribution in [0.2, 0.25) is 0 Å². The Morgan fingerprint density at radius 3 is 2.77 bits per heavy atom. The number of methoxy groups -OCH3 is 1. The van der Waals surface area contributed by atoms with E-state index in [4.69, 9.17) is 0 Å². The van der Waals surface area contributed by atoms with Gasteiger partial charge in [0.2, 0.25) is 0 Å². The van der Waals surface area contributed by atoms with Crippen LogP contribution >= 0.6 is 12.4 Å². The van der Waals surface area contributed by atoms with Gasteiger partial charge in [-0.1, -0.05) is 0 Å². The number of carbonyl (C=O) groups excluding carboxylic acids is 1. The summed E-state index contributed by atoms with van der Waals surface area (Å²) in [5.41, 5.74) is -1.72. The fraction of sp³-hybridized carbons (Fsp3) is 0.857. The molecule has 0 radical (unpaired) electrons. The summed E-state index contributed by atoms with van der Waals surface area (Å²) in [6, 6.07) is 0.